The van der Waals surface area contributed by atoms with Gasteiger partial charge in [0, 0.05) is 6.42 Å². The van der Waals surface area contributed by atoms with Gasteiger partial charge in [0.15, 0.2) is 5.52 Å². The van der Waals surface area contributed by atoms with E-state index in [2.05, 4.69) is 53.1 Å². The summed E-state index contributed by atoms with van der Waals surface area (Å²) in [5.41, 5.74) is 3.96. The average Bonchev–Trinajstić information content (AvgIpc) is 3.35. The van der Waals surface area contributed by atoms with Crippen molar-refractivity contribution >= 4 is 11.0 Å². The molecule has 0 atom stereocenters. The monoisotopic (exact) mass is 396 g/mol. The van der Waals surface area contributed by atoms with E-state index in [1.54, 1.807) is 0 Å². The SMILES string of the molecule is CC.Cc1cc(Cc2nc3c(C(C)C)[nH]nc3c(=O)[nH]2)ccc1OC1CCCC1. The summed E-state index contributed by atoms with van der Waals surface area (Å²) >= 11 is 0. The van der Waals surface area contributed by atoms with E-state index in [1.807, 2.05) is 19.9 Å². The molecule has 0 amide bonds. The quantitative estimate of drug-likeness (QED) is 0.634. The molecular formula is C23H32N4O2. The highest BCUT2D eigenvalue weighted by molar-refractivity contribution is 5.76. The van der Waals surface area contributed by atoms with Crippen molar-refractivity contribution in [2.24, 2.45) is 0 Å². The lowest BCUT2D eigenvalue weighted by Crippen LogP contribution is -2.13. The van der Waals surface area contributed by atoms with Crippen LogP contribution in [0.5, 0.6) is 5.75 Å². The Morgan fingerprint density at radius 1 is 1.17 bits per heavy atom. The smallest absolute Gasteiger partial charge is 0.279 e. The van der Waals surface area contributed by atoms with Crippen molar-refractivity contribution in [1.29, 1.82) is 0 Å². The van der Waals surface area contributed by atoms with E-state index in [4.69, 9.17) is 4.74 Å². The van der Waals surface area contributed by atoms with Gasteiger partial charge in [-0.3, -0.25) is 9.89 Å². The second kappa shape index (κ2) is 9.25. The number of H-pyrrole nitrogens is 2. The van der Waals surface area contributed by atoms with Crippen LogP contribution in [0.2, 0.25) is 0 Å². The van der Waals surface area contributed by atoms with E-state index < -0.39 is 0 Å². The molecule has 2 aromatic heterocycles. The maximum atomic E-state index is 12.3. The lowest BCUT2D eigenvalue weighted by Gasteiger charge is -2.15. The maximum Gasteiger partial charge on any atom is 0.279 e. The van der Waals surface area contributed by atoms with E-state index in [0.29, 0.717) is 29.4 Å². The Kier molecular flexibility index (Phi) is 6.72. The Morgan fingerprint density at radius 2 is 1.90 bits per heavy atom. The number of fused-ring (bicyclic) bond motifs is 1. The van der Waals surface area contributed by atoms with Crippen molar-refractivity contribution in [3.05, 3.63) is 51.2 Å². The zero-order chi connectivity index (χ0) is 21.0. The molecule has 1 aliphatic rings. The molecule has 1 saturated carbocycles. The number of aryl methyl sites for hydroxylation is 1. The van der Waals surface area contributed by atoms with Crippen LogP contribution in [-0.4, -0.2) is 26.3 Å². The summed E-state index contributed by atoms with van der Waals surface area (Å²) in [5, 5.41) is 7.06. The van der Waals surface area contributed by atoms with Gasteiger partial charge in [0.1, 0.15) is 17.1 Å². The van der Waals surface area contributed by atoms with Crippen LogP contribution in [0, 0.1) is 6.92 Å². The molecule has 1 aromatic carbocycles. The third-order valence-corrected chi connectivity index (χ3v) is 5.27. The normalized spacial score (nSPS) is 14.3. The predicted molar refractivity (Wildman–Crippen MR) is 117 cm³/mol. The van der Waals surface area contributed by atoms with Gasteiger partial charge in [-0.2, -0.15) is 5.10 Å². The van der Waals surface area contributed by atoms with Gasteiger partial charge >= 0.3 is 0 Å². The second-order valence-electron chi connectivity index (χ2n) is 7.80. The minimum Gasteiger partial charge on any atom is -0.490 e. The number of rotatable bonds is 5. The molecule has 3 aromatic rings. The van der Waals surface area contributed by atoms with Crippen LogP contribution in [-0.2, 0) is 6.42 Å². The lowest BCUT2D eigenvalue weighted by molar-refractivity contribution is 0.208. The molecular weight excluding hydrogens is 364 g/mol. The van der Waals surface area contributed by atoms with Crippen LogP contribution in [0.25, 0.3) is 11.0 Å². The van der Waals surface area contributed by atoms with Crippen molar-refractivity contribution < 1.29 is 4.74 Å². The number of nitrogens with zero attached hydrogens (tertiary/aromatic N) is 2. The summed E-state index contributed by atoms with van der Waals surface area (Å²) < 4.78 is 6.13. The molecule has 0 radical (unpaired) electrons. The summed E-state index contributed by atoms with van der Waals surface area (Å²) in [6.45, 7) is 10.2. The van der Waals surface area contributed by atoms with Gasteiger partial charge in [-0.15, -0.1) is 0 Å². The molecule has 156 valence electrons. The van der Waals surface area contributed by atoms with Crippen molar-refractivity contribution in [3.63, 3.8) is 0 Å². The summed E-state index contributed by atoms with van der Waals surface area (Å²) in [5.74, 6) is 1.84. The Labute approximate surface area is 172 Å². The highest BCUT2D eigenvalue weighted by Crippen LogP contribution is 2.27. The fourth-order valence-electron chi connectivity index (χ4n) is 3.79. The van der Waals surface area contributed by atoms with Gasteiger partial charge in [0.05, 0.1) is 11.8 Å². The molecule has 0 aliphatic heterocycles. The molecule has 2 heterocycles. The molecule has 1 fully saturated rings. The molecule has 6 nitrogen and oxygen atoms in total. The van der Waals surface area contributed by atoms with Crippen molar-refractivity contribution in [2.45, 2.75) is 78.7 Å². The zero-order valence-electron chi connectivity index (χ0n) is 18.1. The first-order chi connectivity index (χ1) is 14.0. The Balaban J connectivity index is 0.00000117. The molecule has 0 bridgehead atoms. The summed E-state index contributed by atoms with van der Waals surface area (Å²) in [4.78, 5) is 19.9. The minimum absolute atomic E-state index is 0.198. The molecule has 4 rings (SSSR count). The molecule has 2 N–H and O–H groups in total. The third kappa shape index (κ3) is 4.69. The number of nitrogens with one attached hydrogen (secondary N) is 2. The summed E-state index contributed by atoms with van der Waals surface area (Å²) in [6, 6.07) is 6.21. The van der Waals surface area contributed by atoms with Gasteiger partial charge in [-0.05, 0) is 55.7 Å². The Bertz CT molecular complexity index is 1010. The maximum absolute atomic E-state index is 12.3. The number of aromatic amines is 2. The van der Waals surface area contributed by atoms with E-state index in [1.165, 1.54) is 12.8 Å². The topological polar surface area (TPSA) is 83.7 Å². The van der Waals surface area contributed by atoms with E-state index in [9.17, 15) is 4.79 Å². The van der Waals surface area contributed by atoms with Crippen LogP contribution in [0.1, 0.15) is 81.9 Å². The van der Waals surface area contributed by atoms with Crippen LogP contribution in [0.15, 0.2) is 23.0 Å². The molecule has 0 saturated heterocycles. The van der Waals surface area contributed by atoms with Crippen molar-refractivity contribution in [2.75, 3.05) is 0 Å². The first-order valence-corrected chi connectivity index (χ1v) is 10.7. The largest absolute Gasteiger partial charge is 0.490 e. The Hall–Kier alpha value is -2.63. The summed E-state index contributed by atoms with van der Waals surface area (Å²) in [7, 11) is 0. The van der Waals surface area contributed by atoms with E-state index in [0.717, 1.165) is 35.4 Å². The number of benzene rings is 1. The van der Waals surface area contributed by atoms with E-state index in [-0.39, 0.29) is 11.5 Å². The fourth-order valence-corrected chi connectivity index (χ4v) is 3.79. The van der Waals surface area contributed by atoms with Crippen molar-refractivity contribution in [3.8, 4) is 5.75 Å². The minimum atomic E-state index is -0.198. The van der Waals surface area contributed by atoms with Gasteiger partial charge in [0.25, 0.3) is 5.56 Å². The van der Waals surface area contributed by atoms with Crippen LogP contribution < -0.4 is 10.3 Å². The molecule has 6 heteroatoms. The third-order valence-electron chi connectivity index (χ3n) is 5.27. The van der Waals surface area contributed by atoms with E-state index >= 15 is 0 Å². The average molecular weight is 397 g/mol. The fraction of sp³-hybridized carbons (Fsp3) is 0.522. The van der Waals surface area contributed by atoms with Crippen LogP contribution >= 0.6 is 0 Å². The van der Waals surface area contributed by atoms with Crippen LogP contribution in [0.3, 0.4) is 0 Å². The van der Waals surface area contributed by atoms with Crippen molar-refractivity contribution in [1.82, 2.24) is 20.2 Å². The highest BCUT2D eigenvalue weighted by atomic mass is 16.5. The van der Waals surface area contributed by atoms with Gasteiger partial charge in [0.2, 0.25) is 0 Å². The lowest BCUT2D eigenvalue weighted by atomic mass is 10.1. The molecule has 29 heavy (non-hydrogen) atoms. The van der Waals surface area contributed by atoms with Gasteiger partial charge < -0.3 is 9.72 Å². The second-order valence-corrected chi connectivity index (χ2v) is 7.80. The predicted octanol–water partition coefficient (Wildman–Crippen LogP) is 5.02. The highest BCUT2D eigenvalue weighted by Gasteiger charge is 2.18. The number of hydrogen-bond acceptors (Lipinski definition) is 4. The first kappa shape index (κ1) is 21.1. The first-order valence-electron chi connectivity index (χ1n) is 10.7. The Morgan fingerprint density at radius 3 is 2.55 bits per heavy atom. The number of ether oxygens (including phenoxy) is 1. The zero-order valence-corrected chi connectivity index (χ0v) is 18.1. The summed E-state index contributed by atoms with van der Waals surface area (Å²) in [6.07, 6.45) is 5.74. The standard InChI is InChI=1S/C21H26N4O2.C2H6/c1-12(2)18-19-20(25-24-18)21(26)23-17(22-19)11-14-8-9-16(13(3)10-14)27-15-6-4-5-7-15;1-2/h8-10,12,15H,4-7,11H2,1-3H3,(H,24,25)(H,22,23,26);1-2H3. The molecule has 0 spiro atoms. The number of aromatic nitrogens is 4. The van der Waals surface area contributed by atoms with Gasteiger partial charge in [-0.25, -0.2) is 4.98 Å². The number of hydrogen-bond donors (Lipinski definition) is 2. The van der Waals surface area contributed by atoms with Gasteiger partial charge in [-0.1, -0.05) is 39.8 Å². The molecule has 1 aliphatic carbocycles. The van der Waals surface area contributed by atoms with Crippen LogP contribution in [0.4, 0.5) is 0 Å². The molecule has 0 unspecified atom stereocenters.